The van der Waals surface area contributed by atoms with Gasteiger partial charge in [0.2, 0.25) is 0 Å². The van der Waals surface area contributed by atoms with Gasteiger partial charge in [-0.1, -0.05) is 0 Å². The molecule has 0 bridgehead atoms. The standard InChI is InChI=1S/C28H29Si.3CH3.Ti/c1-21-14-12-13-19-27(21)29(25-15-8-6-9-16-25,26-17-10-7-11-18-26)28(5)20-22(2)23(3)24(28)4;;;;/h6-19H,1-5H3;3*1H3;. The zero-order valence-corrected chi connectivity index (χ0v) is 24.1. The van der Waals surface area contributed by atoms with E-state index >= 15 is 0 Å². The number of benzene rings is 3. The van der Waals surface area contributed by atoms with Crippen molar-refractivity contribution in [2.24, 2.45) is 0 Å². The first kappa shape index (κ1) is 24.2. The predicted molar refractivity (Wildman–Crippen MR) is 146 cm³/mol. The van der Waals surface area contributed by atoms with E-state index in [9.17, 15) is 0 Å². The van der Waals surface area contributed by atoms with Crippen molar-refractivity contribution in [3.05, 3.63) is 111 Å². The molecule has 0 N–H and O–H groups in total. The molecule has 0 saturated carbocycles. The summed E-state index contributed by atoms with van der Waals surface area (Å²) in [4.78, 5) is 0. The maximum atomic E-state index is 2.62. The summed E-state index contributed by atoms with van der Waals surface area (Å²) in [6.45, 7) is 12.2. The maximum absolute atomic E-state index is 2.62. The molecule has 4 rings (SSSR count). The van der Waals surface area contributed by atoms with E-state index in [1.807, 2.05) is 0 Å². The van der Waals surface area contributed by atoms with Crippen LogP contribution in [0.1, 0.15) is 33.3 Å². The number of allylic oxidation sites excluding steroid dienone is 4. The summed E-state index contributed by atoms with van der Waals surface area (Å²) in [5.41, 5.74) is 6.08. The second-order valence-corrected chi connectivity index (χ2v) is 22.9. The molecule has 0 nitrogen and oxygen atoms in total. The Balaban J connectivity index is 2.30. The van der Waals surface area contributed by atoms with Crippen LogP contribution in [0.3, 0.4) is 0 Å². The second kappa shape index (κ2) is 8.69. The number of aryl methyl sites for hydroxylation is 1. The van der Waals surface area contributed by atoms with Crippen molar-refractivity contribution in [3.63, 3.8) is 0 Å². The van der Waals surface area contributed by atoms with Crippen LogP contribution in [0.5, 0.6) is 0 Å². The van der Waals surface area contributed by atoms with Crippen molar-refractivity contribution in [1.82, 2.24) is 0 Å². The third kappa shape index (κ3) is 3.52. The van der Waals surface area contributed by atoms with E-state index in [-0.39, 0.29) is 5.04 Å². The van der Waals surface area contributed by atoms with Crippen LogP contribution in [0.2, 0.25) is 20.7 Å². The first-order chi connectivity index (χ1) is 15.6. The zero-order valence-electron chi connectivity index (χ0n) is 21.6. The normalized spacial score (nSPS) is 19.4. The van der Waals surface area contributed by atoms with Gasteiger partial charge in [-0.3, -0.25) is 0 Å². The van der Waals surface area contributed by atoms with Gasteiger partial charge in [0.25, 0.3) is 0 Å². The Morgan fingerprint density at radius 2 is 1.06 bits per heavy atom. The molecule has 0 aliphatic heterocycles. The summed E-state index contributed by atoms with van der Waals surface area (Å²) >= 11 is -2.26. The molecule has 0 amide bonds. The molecule has 170 valence electrons. The fourth-order valence-corrected chi connectivity index (χ4v) is 20.4. The third-order valence-electron chi connectivity index (χ3n) is 8.21. The molecule has 3 aromatic carbocycles. The Morgan fingerprint density at radius 1 is 0.606 bits per heavy atom. The Hall–Kier alpha value is -1.93. The van der Waals surface area contributed by atoms with E-state index < -0.39 is 24.7 Å². The summed E-state index contributed by atoms with van der Waals surface area (Å²) in [7, 11) is -2.55. The summed E-state index contributed by atoms with van der Waals surface area (Å²) < 4.78 is 1.79. The van der Waals surface area contributed by atoms with Crippen molar-refractivity contribution in [3.8, 4) is 0 Å². The summed E-state index contributed by atoms with van der Waals surface area (Å²) in [6.07, 6.45) is 0. The Kier molecular flexibility index (Phi) is 6.38. The van der Waals surface area contributed by atoms with Crippen LogP contribution in [0.15, 0.2) is 106 Å². The van der Waals surface area contributed by atoms with Gasteiger partial charge in [0.1, 0.15) is 0 Å². The molecule has 0 saturated heterocycles. The second-order valence-electron chi connectivity index (χ2n) is 10.9. The summed E-state index contributed by atoms with van der Waals surface area (Å²) in [6, 6.07) is 32.2. The van der Waals surface area contributed by atoms with Gasteiger partial charge in [-0.15, -0.1) is 0 Å². The number of hydrogen-bond acceptors (Lipinski definition) is 0. The van der Waals surface area contributed by atoms with Gasteiger partial charge >= 0.3 is 207 Å². The van der Waals surface area contributed by atoms with Crippen LogP contribution in [-0.2, 0) is 16.6 Å². The summed E-state index contributed by atoms with van der Waals surface area (Å²) in [5.74, 6) is 0. The van der Waals surface area contributed by atoms with Gasteiger partial charge in [0.05, 0.1) is 0 Å². The van der Waals surface area contributed by atoms with Crippen LogP contribution < -0.4 is 15.6 Å². The minimum absolute atomic E-state index is 0.00572. The fraction of sp³-hybridized carbons (Fsp3) is 0.290. The van der Waals surface area contributed by atoms with Crippen LogP contribution in [0.25, 0.3) is 0 Å². The SMILES string of the molecule is CC1=C(C)C(C)([Si](c2ccccc2)(c2ccccc2)c2ccccc2C)[C]([Ti]([CH3])([CH3])[CH3])=C1C. The first-order valence-corrected chi connectivity index (χ1v) is 19.6. The molecule has 0 heterocycles. The average Bonchev–Trinajstić information content (AvgIpc) is 2.97. The molecule has 3 aromatic rings. The molecule has 1 aliphatic rings. The third-order valence-corrected chi connectivity index (χ3v) is 18.2. The molecule has 0 spiro atoms. The minimum atomic E-state index is -2.55. The topological polar surface area (TPSA) is 0 Å². The molecule has 1 aliphatic carbocycles. The van der Waals surface area contributed by atoms with E-state index in [0.29, 0.717) is 0 Å². The Morgan fingerprint density at radius 3 is 1.52 bits per heavy atom. The van der Waals surface area contributed by atoms with Gasteiger partial charge in [0.15, 0.2) is 0 Å². The quantitative estimate of drug-likeness (QED) is 0.265. The van der Waals surface area contributed by atoms with E-state index in [1.54, 1.807) is 20.2 Å². The van der Waals surface area contributed by atoms with E-state index in [2.05, 4.69) is 135 Å². The molecule has 0 aromatic heterocycles. The van der Waals surface area contributed by atoms with Crippen LogP contribution in [0.4, 0.5) is 0 Å². The van der Waals surface area contributed by atoms with Crippen LogP contribution >= 0.6 is 0 Å². The van der Waals surface area contributed by atoms with Crippen LogP contribution in [-0.4, -0.2) is 8.07 Å². The first-order valence-electron chi connectivity index (χ1n) is 12.1. The predicted octanol–water partition coefficient (Wildman–Crippen LogP) is 7.15. The van der Waals surface area contributed by atoms with E-state index in [4.69, 9.17) is 0 Å². The van der Waals surface area contributed by atoms with Crippen LogP contribution in [0, 0.1) is 6.92 Å². The molecule has 1 atom stereocenters. The molecule has 0 radical (unpaired) electrons. The average molecular weight is 487 g/mol. The molecular formula is C31H38SiTi. The zero-order chi connectivity index (χ0) is 24.0. The Labute approximate surface area is 205 Å². The Bertz CT molecular complexity index is 1190. The van der Waals surface area contributed by atoms with Crippen molar-refractivity contribution >= 4 is 23.6 Å². The van der Waals surface area contributed by atoms with Gasteiger partial charge < -0.3 is 0 Å². The number of hydrogen-bond donors (Lipinski definition) is 0. The van der Waals surface area contributed by atoms with Gasteiger partial charge in [-0.2, -0.15) is 0 Å². The summed E-state index contributed by atoms with van der Waals surface area (Å²) in [5, 5.41) is 12.4. The van der Waals surface area contributed by atoms with Crippen molar-refractivity contribution < 1.29 is 16.6 Å². The van der Waals surface area contributed by atoms with Crippen molar-refractivity contribution in [2.75, 3.05) is 0 Å². The van der Waals surface area contributed by atoms with Gasteiger partial charge in [-0.05, 0) is 0 Å². The molecule has 33 heavy (non-hydrogen) atoms. The fourth-order valence-electron chi connectivity index (χ4n) is 6.88. The van der Waals surface area contributed by atoms with E-state index in [1.165, 1.54) is 21.5 Å². The number of rotatable bonds is 5. The van der Waals surface area contributed by atoms with Crippen molar-refractivity contribution in [2.45, 2.75) is 55.3 Å². The van der Waals surface area contributed by atoms with E-state index in [0.717, 1.165) is 0 Å². The molecule has 0 fully saturated rings. The molecule has 2 heteroatoms. The molecule has 1 unspecified atom stereocenters. The molecular weight excluding hydrogens is 448 g/mol. The van der Waals surface area contributed by atoms with Gasteiger partial charge in [0, 0.05) is 0 Å². The van der Waals surface area contributed by atoms with Crippen molar-refractivity contribution in [1.29, 1.82) is 0 Å². The monoisotopic (exact) mass is 486 g/mol. The van der Waals surface area contributed by atoms with Gasteiger partial charge in [-0.25, -0.2) is 0 Å².